The van der Waals surface area contributed by atoms with Crippen molar-refractivity contribution in [3.8, 4) is 11.8 Å². The zero-order valence-electron chi connectivity index (χ0n) is 21.6. The number of anilines is 2. The van der Waals surface area contributed by atoms with Crippen LogP contribution < -0.4 is 20.7 Å². The van der Waals surface area contributed by atoms with Crippen LogP contribution in [-0.2, 0) is 11.2 Å². The standard InChI is InChI=1S/C31H26FN5O3/c1-19(21-7-9-24(32)10-8-21)35-31(39)26-13-20(16-33)17-34-30(26)37-28(22-5-3-2-4-6-22)18-40-25-11-12-27-23(14-25)15-29(38)36-27/h2-14,17,19,28H,15,18H2,1H3,(H,34,37)(H,35,39)(H,36,38)/t19-,28-/m0/s1. The van der Waals surface area contributed by atoms with E-state index in [0.29, 0.717) is 12.2 Å². The molecule has 0 aliphatic carbocycles. The molecule has 2 heterocycles. The number of carbonyl (C=O) groups is 2. The van der Waals surface area contributed by atoms with Gasteiger partial charge in [0.15, 0.2) is 0 Å². The number of carbonyl (C=O) groups excluding carboxylic acids is 2. The van der Waals surface area contributed by atoms with Gasteiger partial charge < -0.3 is 20.7 Å². The monoisotopic (exact) mass is 535 g/mol. The molecule has 0 fully saturated rings. The molecule has 0 bridgehead atoms. The molecule has 0 spiro atoms. The number of hydrogen-bond donors (Lipinski definition) is 3. The number of aromatic nitrogens is 1. The number of ether oxygens (including phenoxy) is 1. The van der Waals surface area contributed by atoms with Gasteiger partial charge in [-0.15, -0.1) is 0 Å². The summed E-state index contributed by atoms with van der Waals surface area (Å²) in [5.41, 5.74) is 3.71. The van der Waals surface area contributed by atoms with Crippen LogP contribution in [0.1, 0.15) is 51.6 Å². The van der Waals surface area contributed by atoms with Crippen molar-refractivity contribution in [2.24, 2.45) is 0 Å². The summed E-state index contributed by atoms with van der Waals surface area (Å²) in [4.78, 5) is 29.5. The topological polar surface area (TPSA) is 116 Å². The lowest BCUT2D eigenvalue weighted by molar-refractivity contribution is -0.115. The normalized spacial score (nSPS) is 13.4. The average Bonchev–Trinajstić information content (AvgIpc) is 3.35. The Labute approximate surface area is 230 Å². The molecule has 1 aliphatic heterocycles. The van der Waals surface area contributed by atoms with E-state index in [1.54, 1.807) is 25.1 Å². The summed E-state index contributed by atoms with van der Waals surface area (Å²) in [6.07, 6.45) is 1.70. The molecule has 9 heteroatoms. The molecule has 4 aromatic rings. The highest BCUT2D eigenvalue weighted by Crippen LogP contribution is 2.29. The zero-order chi connectivity index (χ0) is 28.1. The number of halogens is 1. The van der Waals surface area contributed by atoms with Gasteiger partial charge in [-0.1, -0.05) is 42.5 Å². The van der Waals surface area contributed by atoms with E-state index in [1.165, 1.54) is 24.4 Å². The number of nitrogens with zero attached hydrogens (tertiary/aromatic N) is 2. The summed E-state index contributed by atoms with van der Waals surface area (Å²) in [5.74, 6) is 0.0367. The molecule has 2 amide bonds. The van der Waals surface area contributed by atoms with Gasteiger partial charge in [0.05, 0.1) is 29.6 Å². The number of amides is 2. The molecule has 8 nitrogen and oxygen atoms in total. The van der Waals surface area contributed by atoms with Crippen molar-refractivity contribution in [2.45, 2.75) is 25.4 Å². The summed E-state index contributed by atoms with van der Waals surface area (Å²) in [5, 5.41) is 18.5. The van der Waals surface area contributed by atoms with Crippen molar-refractivity contribution < 1.29 is 18.7 Å². The first-order valence-electron chi connectivity index (χ1n) is 12.7. The van der Waals surface area contributed by atoms with Crippen LogP contribution in [-0.4, -0.2) is 23.4 Å². The summed E-state index contributed by atoms with van der Waals surface area (Å²) in [7, 11) is 0. The molecule has 3 N–H and O–H groups in total. The van der Waals surface area contributed by atoms with Gasteiger partial charge in [0, 0.05) is 11.9 Å². The van der Waals surface area contributed by atoms with E-state index in [4.69, 9.17) is 4.74 Å². The van der Waals surface area contributed by atoms with E-state index >= 15 is 0 Å². The Morgan fingerprint density at radius 3 is 2.62 bits per heavy atom. The van der Waals surface area contributed by atoms with Crippen molar-refractivity contribution >= 4 is 23.3 Å². The van der Waals surface area contributed by atoms with Crippen LogP contribution in [0.4, 0.5) is 15.9 Å². The molecule has 0 saturated carbocycles. The van der Waals surface area contributed by atoms with Crippen LogP contribution in [0.5, 0.6) is 5.75 Å². The van der Waals surface area contributed by atoms with Gasteiger partial charge in [-0.2, -0.15) is 5.26 Å². The predicted octanol–water partition coefficient (Wildman–Crippen LogP) is 5.31. The first-order valence-corrected chi connectivity index (χ1v) is 12.7. The molecule has 0 saturated heterocycles. The molecule has 5 rings (SSSR count). The number of nitriles is 1. The number of benzene rings is 3. The van der Waals surface area contributed by atoms with Crippen molar-refractivity contribution in [3.63, 3.8) is 0 Å². The third-order valence-electron chi connectivity index (χ3n) is 6.61. The third kappa shape index (κ3) is 6.08. The molecule has 2 atom stereocenters. The smallest absolute Gasteiger partial charge is 0.255 e. The van der Waals surface area contributed by atoms with Gasteiger partial charge in [-0.3, -0.25) is 9.59 Å². The minimum absolute atomic E-state index is 0.0533. The Morgan fingerprint density at radius 2 is 1.88 bits per heavy atom. The van der Waals surface area contributed by atoms with Crippen molar-refractivity contribution in [2.75, 3.05) is 17.2 Å². The van der Waals surface area contributed by atoms with Crippen LogP contribution in [0.15, 0.2) is 85.1 Å². The lowest BCUT2D eigenvalue weighted by Gasteiger charge is -2.23. The Kier molecular flexibility index (Phi) is 7.69. The first-order chi connectivity index (χ1) is 19.4. The molecular weight excluding hydrogens is 509 g/mol. The quantitative estimate of drug-likeness (QED) is 0.268. The molecule has 0 radical (unpaired) electrons. The molecule has 200 valence electrons. The van der Waals surface area contributed by atoms with Gasteiger partial charge in [0.25, 0.3) is 5.91 Å². The number of hydrogen-bond acceptors (Lipinski definition) is 6. The minimum atomic E-state index is -0.438. The van der Waals surface area contributed by atoms with E-state index in [1.807, 2.05) is 48.5 Å². The van der Waals surface area contributed by atoms with Crippen molar-refractivity contribution in [3.05, 3.63) is 119 Å². The molecule has 3 aromatic carbocycles. The lowest BCUT2D eigenvalue weighted by Crippen LogP contribution is -2.29. The fourth-order valence-corrected chi connectivity index (χ4v) is 4.47. The Bertz CT molecular complexity index is 1590. The Balaban J connectivity index is 1.38. The van der Waals surface area contributed by atoms with Gasteiger partial charge in [0.2, 0.25) is 5.91 Å². The Hall–Kier alpha value is -5.23. The van der Waals surface area contributed by atoms with E-state index in [9.17, 15) is 19.2 Å². The molecule has 1 aromatic heterocycles. The maximum atomic E-state index is 13.4. The first kappa shape index (κ1) is 26.4. The highest BCUT2D eigenvalue weighted by Gasteiger charge is 2.22. The van der Waals surface area contributed by atoms with Crippen LogP contribution in [0.3, 0.4) is 0 Å². The van der Waals surface area contributed by atoms with Gasteiger partial charge >= 0.3 is 0 Å². The van der Waals surface area contributed by atoms with Crippen LogP contribution >= 0.6 is 0 Å². The largest absolute Gasteiger partial charge is 0.491 e. The lowest BCUT2D eigenvalue weighted by atomic mass is 10.1. The average molecular weight is 536 g/mol. The number of nitrogens with one attached hydrogen (secondary N) is 3. The zero-order valence-corrected chi connectivity index (χ0v) is 21.6. The Morgan fingerprint density at radius 1 is 1.10 bits per heavy atom. The summed E-state index contributed by atoms with van der Waals surface area (Å²) >= 11 is 0. The predicted molar refractivity (Wildman–Crippen MR) is 148 cm³/mol. The number of pyridine rings is 1. The van der Waals surface area contributed by atoms with Crippen LogP contribution in [0, 0.1) is 17.1 Å². The summed E-state index contributed by atoms with van der Waals surface area (Å²) in [6.45, 7) is 1.99. The SMILES string of the molecule is C[C@H](NC(=O)c1cc(C#N)cnc1N[C@@H](COc1ccc2c(c1)CC(=O)N2)c1ccccc1)c1ccc(F)cc1. The molecule has 0 unspecified atom stereocenters. The number of rotatable bonds is 9. The fraction of sp³-hybridized carbons (Fsp3) is 0.161. The maximum absolute atomic E-state index is 13.4. The highest BCUT2D eigenvalue weighted by atomic mass is 19.1. The van der Waals surface area contributed by atoms with E-state index in [0.717, 1.165) is 22.4 Å². The second-order valence-corrected chi connectivity index (χ2v) is 9.44. The van der Waals surface area contributed by atoms with E-state index in [-0.39, 0.29) is 35.3 Å². The third-order valence-corrected chi connectivity index (χ3v) is 6.61. The van der Waals surface area contributed by atoms with Crippen LogP contribution in [0.25, 0.3) is 0 Å². The number of fused-ring (bicyclic) bond motifs is 1. The molecular formula is C31H26FN5O3. The highest BCUT2D eigenvalue weighted by molar-refractivity contribution is 6.00. The van der Waals surface area contributed by atoms with Crippen molar-refractivity contribution in [1.82, 2.24) is 10.3 Å². The minimum Gasteiger partial charge on any atom is -0.491 e. The second kappa shape index (κ2) is 11.7. The van der Waals surface area contributed by atoms with Gasteiger partial charge in [0.1, 0.15) is 30.1 Å². The fourth-order valence-electron chi connectivity index (χ4n) is 4.47. The van der Waals surface area contributed by atoms with Crippen molar-refractivity contribution in [1.29, 1.82) is 5.26 Å². The molecule has 40 heavy (non-hydrogen) atoms. The van der Waals surface area contributed by atoms with Gasteiger partial charge in [-0.25, -0.2) is 9.37 Å². The molecule has 1 aliphatic rings. The van der Waals surface area contributed by atoms with E-state index in [2.05, 4.69) is 20.9 Å². The maximum Gasteiger partial charge on any atom is 0.255 e. The summed E-state index contributed by atoms with van der Waals surface area (Å²) < 4.78 is 19.5. The summed E-state index contributed by atoms with van der Waals surface area (Å²) in [6, 6.07) is 23.6. The van der Waals surface area contributed by atoms with E-state index < -0.39 is 18.0 Å². The second-order valence-electron chi connectivity index (χ2n) is 9.44. The van der Waals surface area contributed by atoms with Gasteiger partial charge in [-0.05, 0) is 60.0 Å². The van der Waals surface area contributed by atoms with Crippen LogP contribution in [0.2, 0.25) is 0 Å².